The Kier molecular flexibility index (Phi) is 4.47. The Hall–Kier alpha value is -2.08. The molecule has 2 atom stereocenters. The molecule has 2 rings (SSSR count). The highest BCUT2D eigenvalue weighted by Gasteiger charge is 2.38. The Labute approximate surface area is 121 Å². The lowest BCUT2D eigenvalue weighted by atomic mass is 9.80. The van der Waals surface area contributed by atoms with Gasteiger partial charge in [0.05, 0.1) is 6.54 Å². The fourth-order valence-electron chi connectivity index (χ4n) is 2.35. The second kappa shape index (κ2) is 6.13. The molecular formula is C15H17F2N3O. The van der Waals surface area contributed by atoms with Crippen LogP contribution in [-0.2, 0) is 12.1 Å². The highest BCUT2D eigenvalue weighted by molar-refractivity contribution is 5.26. The summed E-state index contributed by atoms with van der Waals surface area (Å²) < 4.78 is 28.6. The van der Waals surface area contributed by atoms with Crippen molar-refractivity contribution in [2.45, 2.75) is 25.5 Å². The van der Waals surface area contributed by atoms with E-state index in [1.807, 2.05) is 0 Å². The Bertz CT molecular complexity index is 615. The first-order chi connectivity index (χ1) is 9.97. The Morgan fingerprint density at radius 2 is 2.24 bits per heavy atom. The molecule has 21 heavy (non-hydrogen) atoms. The van der Waals surface area contributed by atoms with Gasteiger partial charge in [-0.2, -0.15) is 5.10 Å². The lowest BCUT2D eigenvalue weighted by Gasteiger charge is -2.34. The highest BCUT2D eigenvalue weighted by atomic mass is 19.1. The molecule has 0 saturated heterocycles. The van der Waals surface area contributed by atoms with Crippen LogP contribution in [0.4, 0.5) is 8.78 Å². The van der Waals surface area contributed by atoms with E-state index < -0.39 is 17.2 Å². The van der Waals surface area contributed by atoms with Gasteiger partial charge in [0.15, 0.2) is 0 Å². The fourth-order valence-corrected chi connectivity index (χ4v) is 2.35. The van der Waals surface area contributed by atoms with E-state index in [1.165, 1.54) is 23.4 Å². The van der Waals surface area contributed by atoms with E-state index in [0.29, 0.717) is 6.42 Å². The molecular weight excluding hydrogens is 276 g/mol. The van der Waals surface area contributed by atoms with Crippen LogP contribution in [0.25, 0.3) is 0 Å². The molecule has 1 heterocycles. The van der Waals surface area contributed by atoms with Crippen molar-refractivity contribution in [3.63, 3.8) is 0 Å². The number of hydrogen-bond donors (Lipinski definition) is 1. The molecule has 1 N–H and O–H groups in total. The van der Waals surface area contributed by atoms with Gasteiger partial charge in [-0.25, -0.2) is 18.4 Å². The van der Waals surface area contributed by atoms with Crippen LogP contribution in [-0.4, -0.2) is 19.9 Å². The molecule has 1 aromatic carbocycles. The SMILES string of the molecule is C=CCC(C)C(O)(Cn1cncn1)c1ccc(F)cc1F. The molecule has 0 bridgehead atoms. The largest absolute Gasteiger partial charge is 0.383 e. The van der Waals surface area contributed by atoms with Gasteiger partial charge in [0.1, 0.15) is 29.9 Å². The van der Waals surface area contributed by atoms with Gasteiger partial charge in [0.2, 0.25) is 0 Å². The first-order valence-electron chi connectivity index (χ1n) is 6.58. The molecule has 1 aromatic heterocycles. The monoisotopic (exact) mass is 293 g/mol. The molecule has 0 aliphatic rings. The van der Waals surface area contributed by atoms with Gasteiger partial charge >= 0.3 is 0 Å². The second-order valence-corrected chi connectivity index (χ2v) is 5.07. The maximum atomic E-state index is 14.1. The Balaban J connectivity index is 2.46. The summed E-state index contributed by atoms with van der Waals surface area (Å²) >= 11 is 0. The Morgan fingerprint density at radius 1 is 1.48 bits per heavy atom. The standard InChI is InChI=1S/C15H17F2N3O/c1-3-4-11(2)15(21,8-20-10-18-9-19-20)13-6-5-12(16)7-14(13)17/h3,5-7,9-11,21H,1,4,8H2,2H3. The summed E-state index contributed by atoms with van der Waals surface area (Å²) in [7, 11) is 0. The third-order valence-electron chi connectivity index (χ3n) is 3.60. The van der Waals surface area contributed by atoms with E-state index in [2.05, 4.69) is 16.7 Å². The molecule has 0 fully saturated rings. The van der Waals surface area contributed by atoms with Gasteiger partial charge in [0.25, 0.3) is 0 Å². The van der Waals surface area contributed by atoms with Crippen molar-refractivity contribution in [3.8, 4) is 0 Å². The van der Waals surface area contributed by atoms with Gasteiger partial charge in [-0.3, -0.25) is 0 Å². The predicted octanol–water partition coefficient (Wildman–Crippen LogP) is 2.66. The lowest BCUT2D eigenvalue weighted by Crippen LogP contribution is -2.39. The first-order valence-corrected chi connectivity index (χ1v) is 6.58. The number of allylic oxidation sites excluding steroid dienone is 1. The molecule has 0 radical (unpaired) electrons. The number of aliphatic hydroxyl groups is 1. The van der Waals surface area contributed by atoms with Crippen LogP contribution in [0.1, 0.15) is 18.9 Å². The summed E-state index contributed by atoms with van der Waals surface area (Å²) in [6, 6.07) is 3.16. The van der Waals surface area contributed by atoms with E-state index in [4.69, 9.17) is 0 Å². The van der Waals surface area contributed by atoms with Crippen LogP contribution < -0.4 is 0 Å². The van der Waals surface area contributed by atoms with Crippen molar-refractivity contribution in [2.24, 2.45) is 5.92 Å². The summed E-state index contributed by atoms with van der Waals surface area (Å²) in [6.07, 6.45) is 4.90. The molecule has 0 aliphatic carbocycles. The topological polar surface area (TPSA) is 50.9 Å². The van der Waals surface area contributed by atoms with Crippen molar-refractivity contribution in [1.82, 2.24) is 14.8 Å². The maximum absolute atomic E-state index is 14.1. The summed E-state index contributed by atoms with van der Waals surface area (Å²) in [5.74, 6) is -1.80. The minimum absolute atomic E-state index is 0.0184. The summed E-state index contributed by atoms with van der Waals surface area (Å²) in [6.45, 7) is 5.44. The van der Waals surface area contributed by atoms with Gasteiger partial charge in [-0.1, -0.05) is 19.1 Å². The van der Waals surface area contributed by atoms with E-state index in [0.717, 1.165) is 12.1 Å². The molecule has 6 heteroatoms. The number of halogens is 2. The maximum Gasteiger partial charge on any atom is 0.137 e. The lowest BCUT2D eigenvalue weighted by molar-refractivity contribution is -0.0380. The average molecular weight is 293 g/mol. The van der Waals surface area contributed by atoms with Gasteiger partial charge < -0.3 is 5.11 Å². The zero-order valence-electron chi connectivity index (χ0n) is 11.7. The summed E-state index contributed by atoms with van der Waals surface area (Å²) in [4.78, 5) is 3.81. The van der Waals surface area contributed by atoms with Crippen LogP contribution in [0.15, 0.2) is 43.5 Å². The van der Waals surface area contributed by atoms with Crippen LogP contribution in [0, 0.1) is 17.6 Å². The minimum Gasteiger partial charge on any atom is -0.383 e. The van der Waals surface area contributed by atoms with Crippen LogP contribution in [0.3, 0.4) is 0 Å². The zero-order chi connectivity index (χ0) is 15.5. The molecule has 0 amide bonds. The first kappa shape index (κ1) is 15.3. The fraction of sp³-hybridized carbons (Fsp3) is 0.333. The molecule has 0 aliphatic heterocycles. The molecule has 2 unspecified atom stereocenters. The van der Waals surface area contributed by atoms with Gasteiger partial charge in [0, 0.05) is 11.6 Å². The molecule has 4 nitrogen and oxygen atoms in total. The smallest absolute Gasteiger partial charge is 0.137 e. The third-order valence-corrected chi connectivity index (χ3v) is 3.60. The number of nitrogens with zero attached hydrogens (tertiary/aromatic N) is 3. The molecule has 2 aromatic rings. The average Bonchev–Trinajstić information content (AvgIpc) is 2.91. The number of hydrogen-bond acceptors (Lipinski definition) is 3. The Morgan fingerprint density at radius 3 is 2.81 bits per heavy atom. The summed E-state index contributed by atoms with van der Waals surface area (Å²) in [5, 5.41) is 15.0. The van der Waals surface area contributed by atoms with Crippen molar-refractivity contribution >= 4 is 0 Å². The third kappa shape index (κ3) is 3.16. The molecule has 112 valence electrons. The molecule has 0 spiro atoms. The minimum atomic E-state index is -1.54. The second-order valence-electron chi connectivity index (χ2n) is 5.07. The molecule has 0 saturated carbocycles. The number of aromatic nitrogens is 3. The predicted molar refractivity (Wildman–Crippen MR) is 74.3 cm³/mol. The highest BCUT2D eigenvalue weighted by Crippen LogP contribution is 2.35. The quantitative estimate of drug-likeness (QED) is 0.833. The van der Waals surface area contributed by atoms with Crippen LogP contribution in [0.2, 0.25) is 0 Å². The normalized spacial score (nSPS) is 15.4. The van der Waals surface area contributed by atoms with Crippen molar-refractivity contribution in [1.29, 1.82) is 0 Å². The van der Waals surface area contributed by atoms with Crippen LogP contribution in [0.5, 0.6) is 0 Å². The number of benzene rings is 1. The number of rotatable bonds is 6. The van der Waals surface area contributed by atoms with E-state index in [-0.39, 0.29) is 18.0 Å². The van der Waals surface area contributed by atoms with E-state index in [9.17, 15) is 13.9 Å². The van der Waals surface area contributed by atoms with E-state index >= 15 is 0 Å². The van der Waals surface area contributed by atoms with Crippen molar-refractivity contribution < 1.29 is 13.9 Å². The van der Waals surface area contributed by atoms with Crippen LogP contribution >= 0.6 is 0 Å². The summed E-state index contributed by atoms with van der Waals surface area (Å²) in [5.41, 5.74) is -1.51. The van der Waals surface area contributed by atoms with Gasteiger partial charge in [-0.15, -0.1) is 6.58 Å². The zero-order valence-corrected chi connectivity index (χ0v) is 11.7. The van der Waals surface area contributed by atoms with Crippen molar-refractivity contribution in [3.05, 3.63) is 60.7 Å². The van der Waals surface area contributed by atoms with E-state index in [1.54, 1.807) is 13.0 Å². The van der Waals surface area contributed by atoms with Crippen molar-refractivity contribution in [2.75, 3.05) is 0 Å². The van der Waals surface area contributed by atoms with Gasteiger partial charge in [-0.05, 0) is 18.4 Å².